The molecule has 0 atom stereocenters. The lowest BCUT2D eigenvalue weighted by Gasteiger charge is -2.25. The maximum absolute atomic E-state index is 12.4. The molecule has 1 aliphatic carbocycles. The minimum atomic E-state index is -0.113. The summed E-state index contributed by atoms with van der Waals surface area (Å²) in [7, 11) is 0. The molecular formula is C19H23N7OS2. The lowest BCUT2D eigenvalue weighted by atomic mass is 9.95. The van der Waals surface area contributed by atoms with Gasteiger partial charge in [-0.3, -0.25) is 19.7 Å². The normalized spacial score (nSPS) is 14.8. The number of carbonyl (C=O) groups is 1. The molecule has 1 saturated carbocycles. The fourth-order valence-corrected chi connectivity index (χ4v) is 4.98. The van der Waals surface area contributed by atoms with Gasteiger partial charge in [-0.05, 0) is 31.4 Å². The van der Waals surface area contributed by atoms with Gasteiger partial charge in [-0.15, -0.1) is 20.4 Å². The van der Waals surface area contributed by atoms with Crippen LogP contribution in [0.1, 0.15) is 50.1 Å². The lowest BCUT2D eigenvalue weighted by Crippen LogP contribution is -2.17. The van der Waals surface area contributed by atoms with Crippen LogP contribution >= 0.6 is 23.1 Å². The zero-order valence-electron chi connectivity index (χ0n) is 16.2. The van der Waals surface area contributed by atoms with E-state index in [1.54, 1.807) is 12.4 Å². The Labute approximate surface area is 177 Å². The smallest absolute Gasteiger partial charge is 0.236 e. The number of hydrogen-bond donors (Lipinski definition) is 1. The largest absolute Gasteiger partial charge is 0.300 e. The quantitative estimate of drug-likeness (QED) is 0.567. The second-order valence-corrected chi connectivity index (χ2v) is 8.90. The Balaban J connectivity index is 1.50. The van der Waals surface area contributed by atoms with E-state index in [0.717, 1.165) is 40.8 Å². The van der Waals surface area contributed by atoms with Gasteiger partial charge in [-0.25, -0.2) is 0 Å². The molecule has 3 heterocycles. The van der Waals surface area contributed by atoms with Gasteiger partial charge >= 0.3 is 0 Å². The van der Waals surface area contributed by atoms with E-state index in [1.165, 1.54) is 42.4 Å². The van der Waals surface area contributed by atoms with Crippen molar-refractivity contribution in [2.45, 2.75) is 56.6 Å². The minimum Gasteiger partial charge on any atom is -0.300 e. The summed E-state index contributed by atoms with van der Waals surface area (Å²) in [5.74, 6) is 0.985. The molecule has 3 aromatic rings. The summed E-state index contributed by atoms with van der Waals surface area (Å²) in [6, 6.07) is 4.26. The number of carbonyl (C=O) groups excluding carboxylic acids is 1. The topological polar surface area (TPSA) is 98.5 Å². The molecule has 10 heteroatoms. The number of hydrogen-bond acceptors (Lipinski definition) is 8. The Morgan fingerprint density at radius 1 is 1.17 bits per heavy atom. The summed E-state index contributed by atoms with van der Waals surface area (Å²) in [6.07, 6.45) is 10.3. The fraction of sp³-hybridized carbons (Fsp3) is 0.474. The molecule has 4 rings (SSSR count). The van der Waals surface area contributed by atoms with Crippen LogP contribution in [0.3, 0.4) is 0 Å². The molecule has 8 nitrogen and oxygen atoms in total. The van der Waals surface area contributed by atoms with E-state index in [9.17, 15) is 4.79 Å². The number of nitrogens with zero attached hydrogens (tertiary/aromatic N) is 6. The van der Waals surface area contributed by atoms with E-state index in [1.807, 2.05) is 19.1 Å². The van der Waals surface area contributed by atoms with E-state index in [4.69, 9.17) is 0 Å². The van der Waals surface area contributed by atoms with Gasteiger partial charge in [0.2, 0.25) is 11.0 Å². The molecule has 1 amide bonds. The molecule has 0 spiro atoms. The second kappa shape index (κ2) is 9.45. The van der Waals surface area contributed by atoms with Crippen LogP contribution in [0.5, 0.6) is 0 Å². The first-order valence-corrected chi connectivity index (χ1v) is 11.6. The third-order valence-electron chi connectivity index (χ3n) is 4.89. The van der Waals surface area contributed by atoms with Gasteiger partial charge in [0, 0.05) is 24.0 Å². The zero-order chi connectivity index (χ0) is 20.1. The van der Waals surface area contributed by atoms with Crippen LogP contribution in [-0.4, -0.2) is 41.6 Å². The highest BCUT2D eigenvalue weighted by Crippen LogP contribution is 2.35. The van der Waals surface area contributed by atoms with Crippen LogP contribution in [0, 0.1) is 0 Å². The summed E-state index contributed by atoms with van der Waals surface area (Å²) in [6.45, 7) is 2.01. The van der Waals surface area contributed by atoms with E-state index in [-0.39, 0.29) is 11.7 Å². The molecule has 0 bridgehead atoms. The molecule has 1 aliphatic rings. The maximum Gasteiger partial charge on any atom is 0.236 e. The summed E-state index contributed by atoms with van der Waals surface area (Å²) in [4.78, 5) is 16.5. The van der Waals surface area contributed by atoms with Crippen molar-refractivity contribution in [1.82, 2.24) is 29.9 Å². The Morgan fingerprint density at radius 2 is 1.97 bits per heavy atom. The number of nitrogens with one attached hydrogen (secondary N) is 1. The highest BCUT2D eigenvalue weighted by molar-refractivity contribution is 7.99. The van der Waals surface area contributed by atoms with E-state index in [0.29, 0.717) is 11.2 Å². The Kier molecular flexibility index (Phi) is 6.50. The molecule has 0 saturated heterocycles. The average Bonchev–Trinajstić information content (AvgIpc) is 3.40. The lowest BCUT2D eigenvalue weighted by molar-refractivity contribution is -0.113. The van der Waals surface area contributed by atoms with Gasteiger partial charge in [-0.2, -0.15) is 0 Å². The first-order chi connectivity index (χ1) is 14.2. The van der Waals surface area contributed by atoms with Gasteiger partial charge in [0.1, 0.15) is 5.01 Å². The third kappa shape index (κ3) is 4.81. The Bertz CT molecular complexity index is 951. The van der Waals surface area contributed by atoms with Crippen molar-refractivity contribution < 1.29 is 4.79 Å². The van der Waals surface area contributed by atoms with Crippen molar-refractivity contribution in [2.24, 2.45) is 0 Å². The van der Waals surface area contributed by atoms with Crippen LogP contribution in [0.4, 0.5) is 5.13 Å². The first kappa shape index (κ1) is 20.0. The molecular weight excluding hydrogens is 406 g/mol. The van der Waals surface area contributed by atoms with Crippen molar-refractivity contribution in [3.8, 4) is 11.4 Å². The molecule has 3 aromatic heterocycles. The monoisotopic (exact) mass is 429 g/mol. The fourth-order valence-electron chi connectivity index (χ4n) is 3.47. The van der Waals surface area contributed by atoms with Gasteiger partial charge in [0.15, 0.2) is 11.0 Å². The van der Waals surface area contributed by atoms with Crippen LogP contribution in [0.15, 0.2) is 29.7 Å². The second-order valence-electron chi connectivity index (χ2n) is 6.90. The van der Waals surface area contributed by atoms with E-state index >= 15 is 0 Å². The number of aromatic nitrogens is 6. The van der Waals surface area contributed by atoms with Crippen molar-refractivity contribution in [3.05, 3.63) is 29.5 Å². The van der Waals surface area contributed by atoms with E-state index < -0.39 is 0 Å². The van der Waals surface area contributed by atoms with Gasteiger partial charge in [0.05, 0.1) is 5.75 Å². The third-order valence-corrected chi connectivity index (χ3v) is 6.82. The average molecular weight is 430 g/mol. The Hall–Kier alpha value is -2.33. The number of pyridine rings is 1. The standard InChI is InChI=1S/C19H23N7OS2/c1-2-16-22-24-18(29-16)21-15(27)12-28-19-25-23-17(13-8-10-20-11-9-13)26(19)14-6-4-3-5-7-14/h8-11,14H,2-7,12H2,1H3,(H,21,24,27). The molecule has 152 valence electrons. The van der Waals surface area contributed by atoms with E-state index in [2.05, 4.69) is 35.3 Å². The Morgan fingerprint density at radius 3 is 2.69 bits per heavy atom. The van der Waals surface area contributed by atoms with Crippen LogP contribution in [-0.2, 0) is 11.2 Å². The van der Waals surface area contributed by atoms with Gasteiger partial charge in [-0.1, -0.05) is 49.3 Å². The zero-order valence-corrected chi connectivity index (χ0v) is 17.9. The molecule has 29 heavy (non-hydrogen) atoms. The summed E-state index contributed by atoms with van der Waals surface area (Å²) >= 11 is 2.82. The molecule has 1 N–H and O–H groups in total. The van der Waals surface area contributed by atoms with Crippen LogP contribution in [0.25, 0.3) is 11.4 Å². The summed E-state index contributed by atoms with van der Waals surface area (Å²) < 4.78 is 2.21. The highest BCUT2D eigenvalue weighted by Gasteiger charge is 2.24. The van der Waals surface area contributed by atoms with Crippen molar-refractivity contribution in [2.75, 3.05) is 11.1 Å². The molecule has 1 fully saturated rings. The minimum absolute atomic E-state index is 0.113. The van der Waals surface area contributed by atoms with Gasteiger partial charge < -0.3 is 0 Å². The molecule has 0 aromatic carbocycles. The predicted octanol–water partition coefficient (Wildman–Crippen LogP) is 3.99. The summed E-state index contributed by atoms with van der Waals surface area (Å²) in [5.41, 5.74) is 0.996. The van der Waals surface area contributed by atoms with Gasteiger partial charge in [0.25, 0.3) is 0 Å². The molecule has 0 unspecified atom stereocenters. The van der Waals surface area contributed by atoms with Crippen LogP contribution < -0.4 is 5.32 Å². The number of anilines is 1. The number of aryl methyl sites for hydroxylation is 1. The molecule has 0 aliphatic heterocycles. The number of thioether (sulfide) groups is 1. The first-order valence-electron chi connectivity index (χ1n) is 9.85. The summed E-state index contributed by atoms with van der Waals surface area (Å²) in [5, 5.41) is 22.0. The number of rotatable bonds is 7. The highest BCUT2D eigenvalue weighted by atomic mass is 32.2. The van der Waals surface area contributed by atoms with Crippen molar-refractivity contribution >= 4 is 34.1 Å². The van der Waals surface area contributed by atoms with Crippen molar-refractivity contribution in [3.63, 3.8) is 0 Å². The SMILES string of the molecule is CCc1nnc(NC(=O)CSc2nnc(-c3ccncc3)n2C2CCCCC2)s1. The number of amides is 1. The maximum atomic E-state index is 12.4. The van der Waals surface area contributed by atoms with Crippen LogP contribution in [0.2, 0.25) is 0 Å². The van der Waals surface area contributed by atoms with Crippen molar-refractivity contribution in [1.29, 1.82) is 0 Å². The predicted molar refractivity (Wildman–Crippen MR) is 114 cm³/mol. The molecule has 0 radical (unpaired) electrons.